The molecule has 1 aliphatic rings. The van der Waals surface area contributed by atoms with Gasteiger partial charge in [-0.2, -0.15) is 0 Å². The van der Waals surface area contributed by atoms with Gasteiger partial charge in [-0.15, -0.1) is 23.2 Å². The van der Waals surface area contributed by atoms with Gasteiger partial charge in [-0.25, -0.2) is 0 Å². The summed E-state index contributed by atoms with van der Waals surface area (Å²) in [5, 5.41) is 10.5. The Kier molecular flexibility index (Phi) is 12.1. The summed E-state index contributed by atoms with van der Waals surface area (Å²) in [4.78, 5) is 11.6. The second-order valence-corrected chi connectivity index (χ2v) is 10.4. The van der Waals surface area contributed by atoms with Crippen LogP contribution in [-0.2, 0) is 9.53 Å². The zero-order chi connectivity index (χ0) is 23.5. The number of hydrogen-bond donors (Lipinski definition) is 1. The number of alkyl halides is 2. The van der Waals surface area contributed by atoms with E-state index < -0.39 is 6.10 Å². The largest absolute Gasteiger partial charge is 0.463 e. The van der Waals surface area contributed by atoms with Crippen LogP contribution >= 0.6 is 23.2 Å². The van der Waals surface area contributed by atoms with E-state index in [-0.39, 0.29) is 34.7 Å². The number of allylic oxidation sites excluding steroid dienone is 2. The summed E-state index contributed by atoms with van der Waals surface area (Å²) in [6, 6.07) is 8.31. The first-order valence-corrected chi connectivity index (χ1v) is 13.1. The van der Waals surface area contributed by atoms with Gasteiger partial charge in [0, 0.05) is 23.1 Å². The molecule has 2 rings (SSSR count). The summed E-state index contributed by atoms with van der Waals surface area (Å²) in [6.45, 7) is 5.91. The minimum Gasteiger partial charge on any atom is -0.463 e. The molecule has 1 fully saturated rings. The van der Waals surface area contributed by atoms with Crippen molar-refractivity contribution in [2.75, 3.05) is 0 Å². The lowest BCUT2D eigenvalue weighted by molar-refractivity contribution is -0.147. The van der Waals surface area contributed by atoms with E-state index in [1.165, 1.54) is 5.56 Å². The van der Waals surface area contributed by atoms with Crippen molar-refractivity contribution in [2.45, 2.75) is 107 Å². The maximum Gasteiger partial charge on any atom is 0.306 e. The molecule has 0 aromatic heterocycles. The lowest BCUT2D eigenvalue weighted by Crippen LogP contribution is -2.16. The van der Waals surface area contributed by atoms with Gasteiger partial charge < -0.3 is 9.84 Å². The van der Waals surface area contributed by atoms with Crippen molar-refractivity contribution in [1.29, 1.82) is 0 Å². The minimum atomic E-state index is -0.400. The molecule has 1 saturated carbocycles. The lowest BCUT2D eigenvalue weighted by atomic mass is 9.85. The van der Waals surface area contributed by atoms with Crippen LogP contribution in [0.1, 0.15) is 102 Å². The minimum absolute atomic E-state index is 0.0158. The van der Waals surface area contributed by atoms with Gasteiger partial charge in [-0.1, -0.05) is 62.6 Å². The molecule has 32 heavy (non-hydrogen) atoms. The summed E-state index contributed by atoms with van der Waals surface area (Å²) >= 11 is 13.4. The first-order valence-electron chi connectivity index (χ1n) is 12.2. The second kappa shape index (κ2) is 14.3. The van der Waals surface area contributed by atoms with Crippen molar-refractivity contribution in [3.05, 3.63) is 47.5 Å². The quantitative estimate of drug-likeness (QED) is 0.135. The number of esters is 1. The van der Waals surface area contributed by atoms with Gasteiger partial charge >= 0.3 is 5.97 Å². The highest BCUT2D eigenvalue weighted by Crippen LogP contribution is 2.47. The predicted octanol–water partition coefficient (Wildman–Crippen LogP) is 7.69. The molecule has 0 heterocycles. The second-order valence-electron chi connectivity index (χ2n) is 9.27. The van der Waals surface area contributed by atoms with Gasteiger partial charge in [0.05, 0.1) is 12.2 Å². The van der Waals surface area contributed by atoms with E-state index in [4.69, 9.17) is 27.9 Å². The molecule has 0 radical (unpaired) electrons. The topological polar surface area (TPSA) is 46.5 Å². The van der Waals surface area contributed by atoms with Crippen molar-refractivity contribution in [1.82, 2.24) is 0 Å². The SMILES string of the molecule is CCCCC[C@@H](O)c1ccc([C@@H]2C(C/C=C\CCCC(=O)OC(C)C)[C@H](Cl)C[C@@H]2Cl)cc1. The molecule has 5 atom stereocenters. The maximum absolute atomic E-state index is 11.6. The number of ether oxygens (including phenoxy) is 1. The Bertz CT molecular complexity index is 701. The zero-order valence-electron chi connectivity index (χ0n) is 19.8. The highest BCUT2D eigenvalue weighted by molar-refractivity contribution is 6.25. The third-order valence-electron chi connectivity index (χ3n) is 6.25. The van der Waals surface area contributed by atoms with Crippen molar-refractivity contribution in [3.63, 3.8) is 0 Å². The van der Waals surface area contributed by atoms with E-state index in [1.807, 2.05) is 26.0 Å². The number of halogens is 2. The Hall–Kier alpha value is -1.03. The molecule has 1 aromatic rings. The Labute approximate surface area is 204 Å². The summed E-state index contributed by atoms with van der Waals surface area (Å²) in [5.74, 6) is 0.353. The molecule has 0 amide bonds. The first kappa shape index (κ1) is 27.2. The smallest absolute Gasteiger partial charge is 0.306 e. The molecular formula is C27H40Cl2O3. The van der Waals surface area contributed by atoms with Gasteiger partial charge in [-0.05, 0) is 63.0 Å². The average molecular weight is 484 g/mol. The summed E-state index contributed by atoms with van der Waals surface area (Å²) in [6.07, 6.45) is 11.8. The standard InChI is InChI=1S/C27H40Cl2O3/c1-4-5-8-12-25(30)20-14-16-21(17-15-20)27-22(23(28)18-24(27)29)11-9-6-7-10-13-26(31)32-19(2)3/h6,9,14-17,19,22-25,27,30H,4-5,7-8,10-13,18H2,1-3H3/b9-6-/t22?,23-,24+,25-,27-/m1/s1. The van der Waals surface area contributed by atoms with Crippen LogP contribution in [0.2, 0.25) is 0 Å². The number of hydrogen-bond acceptors (Lipinski definition) is 3. The van der Waals surface area contributed by atoms with Gasteiger partial charge in [0.25, 0.3) is 0 Å². The monoisotopic (exact) mass is 482 g/mol. The number of carbonyl (C=O) groups excluding carboxylic acids is 1. The fourth-order valence-electron chi connectivity index (χ4n) is 4.53. The van der Waals surface area contributed by atoms with E-state index in [2.05, 4.69) is 31.2 Å². The van der Waals surface area contributed by atoms with Gasteiger partial charge in [0.1, 0.15) is 0 Å². The van der Waals surface area contributed by atoms with Crippen molar-refractivity contribution in [3.8, 4) is 0 Å². The highest BCUT2D eigenvalue weighted by atomic mass is 35.5. The molecule has 5 heteroatoms. The summed E-state index contributed by atoms with van der Waals surface area (Å²) in [7, 11) is 0. The van der Waals surface area contributed by atoms with Crippen LogP contribution in [0.15, 0.2) is 36.4 Å². The molecule has 1 aromatic carbocycles. The molecular weight excluding hydrogens is 443 g/mol. The molecule has 0 spiro atoms. The van der Waals surface area contributed by atoms with Gasteiger partial charge in [0.15, 0.2) is 0 Å². The van der Waals surface area contributed by atoms with Gasteiger partial charge in [-0.3, -0.25) is 4.79 Å². The van der Waals surface area contributed by atoms with Crippen molar-refractivity contribution < 1.29 is 14.6 Å². The maximum atomic E-state index is 11.6. The van der Waals surface area contributed by atoms with Crippen LogP contribution in [0.4, 0.5) is 0 Å². The number of unbranched alkanes of at least 4 members (excludes halogenated alkanes) is 3. The third kappa shape index (κ3) is 8.72. The van der Waals surface area contributed by atoms with Crippen LogP contribution in [0, 0.1) is 5.92 Å². The first-order chi connectivity index (χ1) is 15.3. The number of rotatable bonds is 13. The molecule has 0 saturated heterocycles. The Morgan fingerprint density at radius 3 is 2.50 bits per heavy atom. The molecule has 1 aliphatic carbocycles. The molecule has 0 bridgehead atoms. The van der Waals surface area contributed by atoms with E-state index in [1.54, 1.807) is 0 Å². The average Bonchev–Trinajstić information content (AvgIpc) is 3.03. The molecule has 1 N–H and O–H groups in total. The van der Waals surface area contributed by atoms with E-state index in [0.29, 0.717) is 6.42 Å². The number of carbonyl (C=O) groups is 1. The van der Waals surface area contributed by atoms with Crippen molar-refractivity contribution >= 4 is 29.2 Å². The number of aliphatic hydroxyl groups excluding tert-OH is 1. The van der Waals surface area contributed by atoms with Gasteiger partial charge in [0.2, 0.25) is 0 Å². The van der Waals surface area contributed by atoms with Crippen LogP contribution in [0.5, 0.6) is 0 Å². The third-order valence-corrected chi connectivity index (χ3v) is 7.20. The Balaban J connectivity index is 1.89. The highest BCUT2D eigenvalue weighted by Gasteiger charge is 2.41. The lowest BCUT2D eigenvalue weighted by Gasteiger charge is -2.23. The normalized spacial score (nSPS) is 24.3. The molecule has 1 unspecified atom stereocenters. The number of benzene rings is 1. The Morgan fingerprint density at radius 1 is 1.12 bits per heavy atom. The van der Waals surface area contributed by atoms with Crippen LogP contribution in [0.25, 0.3) is 0 Å². The molecule has 180 valence electrons. The summed E-state index contributed by atoms with van der Waals surface area (Å²) < 4.78 is 5.16. The zero-order valence-corrected chi connectivity index (χ0v) is 21.3. The predicted molar refractivity (Wildman–Crippen MR) is 135 cm³/mol. The fourth-order valence-corrected chi connectivity index (χ4v) is 5.60. The van der Waals surface area contributed by atoms with Crippen molar-refractivity contribution in [2.24, 2.45) is 5.92 Å². The Morgan fingerprint density at radius 2 is 1.84 bits per heavy atom. The van der Waals surface area contributed by atoms with Crippen LogP contribution in [0.3, 0.4) is 0 Å². The van der Waals surface area contributed by atoms with E-state index in [0.717, 1.165) is 56.9 Å². The van der Waals surface area contributed by atoms with E-state index in [9.17, 15) is 9.90 Å². The van der Waals surface area contributed by atoms with Crippen LogP contribution < -0.4 is 0 Å². The summed E-state index contributed by atoms with van der Waals surface area (Å²) in [5.41, 5.74) is 2.18. The van der Waals surface area contributed by atoms with E-state index >= 15 is 0 Å². The molecule has 0 aliphatic heterocycles. The van der Waals surface area contributed by atoms with Crippen LogP contribution in [-0.4, -0.2) is 27.9 Å². The fraction of sp³-hybridized carbons (Fsp3) is 0.667. The molecule has 3 nitrogen and oxygen atoms in total. The number of aliphatic hydroxyl groups is 1.